The Hall–Kier alpha value is -1.95. The first-order valence-corrected chi connectivity index (χ1v) is 10.0. The summed E-state index contributed by atoms with van der Waals surface area (Å²) in [7, 11) is 0. The number of nitriles is 1. The third-order valence-electron chi connectivity index (χ3n) is 4.94. The molecule has 2 aliphatic rings. The monoisotopic (exact) mass is 375 g/mol. The molecule has 3 heterocycles. The SMILES string of the molecule is N#Cc1ccsc1NC(=O)CN1CCN(CC(=O)N2CCCCC2)CC1. The van der Waals surface area contributed by atoms with E-state index < -0.39 is 0 Å². The Morgan fingerprint density at radius 2 is 1.69 bits per heavy atom. The summed E-state index contributed by atoms with van der Waals surface area (Å²) in [5.74, 6) is 0.138. The Labute approximate surface area is 158 Å². The molecule has 0 unspecified atom stereocenters. The summed E-state index contributed by atoms with van der Waals surface area (Å²) in [4.78, 5) is 30.8. The second-order valence-electron chi connectivity index (χ2n) is 6.82. The van der Waals surface area contributed by atoms with Gasteiger partial charge in [-0.2, -0.15) is 5.26 Å². The third-order valence-corrected chi connectivity index (χ3v) is 5.77. The molecule has 0 aromatic carbocycles. The minimum Gasteiger partial charge on any atom is -0.342 e. The average molecular weight is 375 g/mol. The van der Waals surface area contributed by atoms with Gasteiger partial charge in [-0.15, -0.1) is 11.3 Å². The van der Waals surface area contributed by atoms with Crippen molar-refractivity contribution in [2.24, 2.45) is 0 Å². The van der Waals surface area contributed by atoms with Gasteiger partial charge in [-0.25, -0.2) is 0 Å². The zero-order chi connectivity index (χ0) is 18.4. The third kappa shape index (κ3) is 5.04. The normalized spacial score (nSPS) is 19.1. The summed E-state index contributed by atoms with van der Waals surface area (Å²) in [6.45, 7) is 5.74. The molecule has 2 saturated heterocycles. The average Bonchev–Trinajstić information content (AvgIpc) is 3.11. The number of anilines is 1. The molecule has 2 aliphatic heterocycles. The number of carbonyl (C=O) groups excluding carboxylic acids is 2. The predicted octanol–water partition coefficient (Wildman–Crippen LogP) is 1.19. The van der Waals surface area contributed by atoms with Crippen LogP contribution >= 0.6 is 11.3 Å². The zero-order valence-corrected chi connectivity index (χ0v) is 15.8. The summed E-state index contributed by atoms with van der Waals surface area (Å²) < 4.78 is 0. The lowest BCUT2D eigenvalue weighted by Crippen LogP contribution is -2.51. The smallest absolute Gasteiger partial charge is 0.239 e. The van der Waals surface area contributed by atoms with Gasteiger partial charge in [0.1, 0.15) is 11.1 Å². The van der Waals surface area contributed by atoms with Gasteiger partial charge < -0.3 is 10.2 Å². The fourth-order valence-electron chi connectivity index (χ4n) is 3.40. The molecule has 0 spiro atoms. The van der Waals surface area contributed by atoms with Gasteiger partial charge in [0.05, 0.1) is 18.7 Å². The van der Waals surface area contributed by atoms with E-state index in [1.807, 2.05) is 4.90 Å². The van der Waals surface area contributed by atoms with Crippen LogP contribution in [0.4, 0.5) is 5.00 Å². The molecule has 1 N–H and O–H groups in total. The van der Waals surface area contributed by atoms with Crippen molar-refractivity contribution in [3.63, 3.8) is 0 Å². The second kappa shape index (κ2) is 9.12. The highest BCUT2D eigenvalue weighted by Crippen LogP contribution is 2.22. The van der Waals surface area contributed by atoms with Crippen molar-refractivity contribution < 1.29 is 9.59 Å². The van der Waals surface area contributed by atoms with Gasteiger partial charge in [0.25, 0.3) is 0 Å². The Kier molecular flexibility index (Phi) is 6.61. The molecule has 2 amide bonds. The van der Waals surface area contributed by atoms with Gasteiger partial charge in [0, 0.05) is 39.3 Å². The Morgan fingerprint density at radius 1 is 1.04 bits per heavy atom. The van der Waals surface area contributed by atoms with Crippen molar-refractivity contribution in [3.05, 3.63) is 17.0 Å². The molecule has 0 aliphatic carbocycles. The Bertz CT molecular complexity index is 669. The summed E-state index contributed by atoms with van der Waals surface area (Å²) in [6, 6.07) is 3.78. The van der Waals surface area contributed by atoms with Crippen molar-refractivity contribution >= 4 is 28.2 Å². The number of piperazine rings is 1. The van der Waals surface area contributed by atoms with Crippen LogP contribution in [-0.4, -0.2) is 78.9 Å². The van der Waals surface area contributed by atoms with Crippen molar-refractivity contribution in [2.45, 2.75) is 19.3 Å². The number of thiophene rings is 1. The van der Waals surface area contributed by atoms with Gasteiger partial charge in [-0.1, -0.05) is 0 Å². The molecule has 7 nitrogen and oxygen atoms in total. The topological polar surface area (TPSA) is 79.7 Å². The number of likely N-dealkylation sites (tertiary alicyclic amines) is 1. The van der Waals surface area contributed by atoms with E-state index in [9.17, 15) is 9.59 Å². The maximum atomic E-state index is 12.3. The molecule has 0 saturated carbocycles. The van der Waals surface area contributed by atoms with E-state index in [0.29, 0.717) is 23.7 Å². The van der Waals surface area contributed by atoms with Crippen LogP contribution < -0.4 is 5.32 Å². The summed E-state index contributed by atoms with van der Waals surface area (Å²) >= 11 is 1.36. The first-order valence-electron chi connectivity index (χ1n) is 9.15. The zero-order valence-electron chi connectivity index (χ0n) is 14.9. The van der Waals surface area contributed by atoms with Crippen molar-refractivity contribution in [1.29, 1.82) is 5.26 Å². The molecule has 140 valence electrons. The maximum absolute atomic E-state index is 12.3. The molecular formula is C18H25N5O2S. The highest BCUT2D eigenvalue weighted by Gasteiger charge is 2.23. The predicted molar refractivity (Wildman–Crippen MR) is 101 cm³/mol. The molecule has 8 heteroatoms. The van der Waals surface area contributed by atoms with Crippen LogP contribution in [0.1, 0.15) is 24.8 Å². The van der Waals surface area contributed by atoms with E-state index >= 15 is 0 Å². The van der Waals surface area contributed by atoms with E-state index in [1.165, 1.54) is 17.8 Å². The molecular weight excluding hydrogens is 350 g/mol. The number of rotatable bonds is 5. The second-order valence-corrected chi connectivity index (χ2v) is 7.73. The number of hydrogen-bond acceptors (Lipinski definition) is 6. The van der Waals surface area contributed by atoms with E-state index in [1.54, 1.807) is 11.4 Å². The van der Waals surface area contributed by atoms with E-state index in [2.05, 4.69) is 21.2 Å². The fraction of sp³-hybridized carbons (Fsp3) is 0.611. The molecule has 2 fully saturated rings. The Morgan fingerprint density at radius 3 is 2.35 bits per heavy atom. The van der Waals surface area contributed by atoms with Gasteiger partial charge in [-0.3, -0.25) is 19.4 Å². The van der Waals surface area contributed by atoms with Crippen LogP contribution in [0, 0.1) is 11.3 Å². The van der Waals surface area contributed by atoms with Crippen LogP contribution in [0.15, 0.2) is 11.4 Å². The minimum atomic E-state index is -0.0956. The van der Waals surface area contributed by atoms with Gasteiger partial charge >= 0.3 is 0 Å². The summed E-state index contributed by atoms with van der Waals surface area (Å²) in [5.41, 5.74) is 0.504. The quantitative estimate of drug-likeness (QED) is 0.836. The largest absolute Gasteiger partial charge is 0.342 e. The van der Waals surface area contributed by atoms with E-state index in [0.717, 1.165) is 52.1 Å². The molecule has 0 bridgehead atoms. The first kappa shape index (κ1) is 18.8. The van der Waals surface area contributed by atoms with Crippen LogP contribution in [0.2, 0.25) is 0 Å². The maximum Gasteiger partial charge on any atom is 0.239 e. The molecule has 0 atom stereocenters. The number of nitrogens with zero attached hydrogens (tertiary/aromatic N) is 4. The highest BCUT2D eigenvalue weighted by molar-refractivity contribution is 7.14. The number of carbonyl (C=O) groups is 2. The lowest BCUT2D eigenvalue weighted by atomic mass is 10.1. The Balaban J connectivity index is 1.39. The van der Waals surface area contributed by atoms with Crippen LogP contribution in [-0.2, 0) is 9.59 Å². The standard InChI is InChI=1S/C18H25N5O2S/c19-12-15-4-11-26-18(15)20-16(24)13-21-7-9-22(10-8-21)14-17(25)23-5-2-1-3-6-23/h4,11H,1-3,5-10,13-14H2,(H,20,24). The molecule has 0 radical (unpaired) electrons. The van der Waals surface area contributed by atoms with E-state index in [-0.39, 0.29) is 11.8 Å². The van der Waals surface area contributed by atoms with Crippen LogP contribution in [0.25, 0.3) is 0 Å². The molecule has 3 rings (SSSR count). The van der Waals surface area contributed by atoms with Gasteiger partial charge in [0.15, 0.2) is 0 Å². The van der Waals surface area contributed by atoms with Crippen molar-refractivity contribution in [3.8, 4) is 6.07 Å². The number of amides is 2. The van der Waals surface area contributed by atoms with Crippen molar-refractivity contribution in [2.75, 3.05) is 57.7 Å². The number of hydrogen-bond donors (Lipinski definition) is 1. The summed E-state index contributed by atoms with van der Waals surface area (Å²) in [6.07, 6.45) is 3.46. The van der Waals surface area contributed by atoms with Crippen LogP contribution in [0.3, 0.4) is 0 Å². The molecule has 26 heavy (non-hydrogen) atoms. The van der Waals surface area contributed by atoms with Gasteiger partial charge in [0.2, 0.25) is 11.8 Å². The molecule has 1 aromatic heterocycles. The lowest BCUT2D eigenvalue weighted by molar-refractivity contribution is -0.134. The summed E-state index contributed by atoms with van der Waals surface area (Å²) in [5, 5.41) is 14.2. The van der Waals surface area contributed by atoms with Crippen molar-refractivity contribution in [1.82, 2.24) is 14.7 Å². The van der Waals surface area contributed by atoms with Gasteiger partial charge in [-0.05, 0) is 30.7 Å². The van der Waals surface area contributed by atoms with E-state index in [4.69, 9.17) is 5.26 Å². The number of nitrogens with one attached hydrogen (secondary N) is 1. The minimum absolute atomic E-state index is 0.0956. The fourth-order valence-corrected chi connectivity index (χ4v) is 4.16. The number of piperidine rings is 1. The lowest BCUT2D eigenvalue weighted by Gasteiger charge is -2.35. The first-order chi connectivity index (χ1) is 12.7. The van der Waals surface area contributed by atoms with Crippen LogP contribution in [0.5, 0.6) is 0 Å². The highest BCUT2D eigenvalue weighted by atomic mass is 32.1. The molecule has 1 aromatic rings.